The van der Waals surface area contributed by atoms with E-state index in [-0.39, 0.29) is 16.2 Å². The third kappa shape index (κ3) is 2.97. The molecule has 1 nitrogen and oxygen atoms in total. The zero-order valence-corrected chi connectivity index (χ0v) is 20.6. The molecule has 0 aliphatic heterocycles. The van der Waals surface area contributed by atoms with E-state index >= 15 is 0 Å². The van der Waals surface area contributed by atoms with Gasteiger partial charge >= 0.3 is 0 Å². The summed E-state index contributed by atoms with van der Waals surface area (Å²) in [6, 6.07) is 19.1. The Kier molecular flexibility index (Phi) is 3.96. The van der Waals surface area contributed by atoms with Crippen LogP contribution in [0.4, 0.5) is 0 Å². The minimum atomic E-state index is 0.102. The first-order chi connectivity index (χ1) is 14.3. The van der Waals surface area contributed by atoms with E-state index < -0.39 is 0 Å². The maximum Gasteiger partial charge on any atom is 0.0620 e. The predicted molar refractivity (Wildman–Crippen MR) is 137 cm³/mol. The van der Waals surface area contributed by atoms with Crippen molar-refractivity contribution < 1.29 is 0 Å². The Morgan fingerprint density at radius 1 is 0.452 bits per heavy atom. The Bertz CT molecular complexity index is 1360. The molecule has 0 saturated heterocycles. The number of aromatic nitrogens is 1. The lowest BCUT2D eigenvalue weighted by Crippen LogP contribution is -2.11. The van der Waals surface area contributed by atoms with E-state index in [1.165, 1.54) is 54.8 Å². The van der Waals surface area contributed by atoms with Crippen LogP contribution in [0.15, 0.2) is 48.5 Å². The second-order valence-corrected chi connectivity index (χ2v) is 12.5. The number of fused-ring (bicyclic) bond motifs is 6. The van der Waals surface area contributed by atoms with Crippen LogP contribution in [0.1, 0.15) is 79.0 Å². The Morgan fingerprint density at radius 3 is 1.16 bits per heavy atom. The van der Waals surface area contributed by atoms with Crippen LogP contribution in [-0.4, -0.2) is 4.40 Å². The van der Waals surface area contributed by atoms with E-state index in [4.69, 9.17) is 0 Å². The molecule has 0 N–H and O–H groups in total. The maximum absolute atomic E-state index is 2.50. The molecule has 160 valence electrons. The van der Waals surface area contributed by atoms with Crippen LogP contribution in [0.2, 0.25) is 0 Å². The topological polar surface area (TPSA) is 4.41 Å². The average Bonchev–Trinajstić information content (AvgIpc) is 3.15. The van der Waals surface area contributed by atoms with Gasteiger partial charge < -0.3 is 4.40 Å². The minimum Gasteiger partial charge on any atom is -0.308 e. The van der Waals surface area contributed by atoms with Crippen LogP contribution in [-0.2, 0) is 16.2 Å². The van der Waals surface area contributed by atoms with Crippen LogP contribution >= 0.6 is 0 Å². The molecule has 1 heteroatoms. The van der Waals surface area contributed by atoms with Gasteiger partial charge in [0.2, 0.25) is 0 Å². The van der Waals surface area contributed by atoms with Crippen molar-refractivity contribution in [2.75, 3.05) is 0 Å². The Morgan fingerprint density at radius 2 is 0.806 bits per heavy atom. The molecule has 0 aliphatic rings. The summed E-state index contributed by atoms with van der Waals surface area (Å²) in [4.78, 5) is 0. The van der Waals surface area contributed by atoms with Crippen LogP contribution in [0.25, 0.3) is 38.1 Å². The second kappa shape index (κ2) is 6.03. The van der Waals surface area contributed by atoms with Gasteiger partial charge in [-0.3, -0.25) is 0 Å². The minimum absolute atomic E-state index is 0.102. The highest BCUT2D eigenvalue weighted by Crippen LogP contribution is 2.43. The highest BCUT2D eigenvalue weighted by Gasteiger charge is 2.24. The monoisotopic (exact) mass is 409 g/mol. The second-order valence-electron chi connectivity index (χ2n) is 12.5. The van der Waals surface area contributed by atoms with Crippen molar-refractivity contribution >= 4 is 38.1 Å². The summed E-state index contributed by atoms with van der Waals surface area (Å²) in [5, 5.41) is 5.52. The fourth-order valence-corrected chi connectivity index (χ4v) is 4.92. The lowest BCUT2D eigenvalue weighted by molar-refractivity contribution is 0.590. The molecule has 0 radical (unpaired) electrons. The number of hydrogen-bond acceptors (Lipinski definition) is 0. The van der Waals surface area contributed by atoms with Gasteiger partial charge in [-0.15, -0.1) is 0 Å². The molecule has 5 aromatic rings. The first kappa shape index (κ1) is 20.4. The van der Waals surface area contributed by atoms with Gasteiger partial charge in [0.05, 0.1) is 16.6 Å². The van der Waals surface area contributed by atoms with Gasteiger partial charge in [0.1, 0.15) is 0 Å². The van der Waals surface area contributed by atoms with E-state index in [1.807, 2.05) is 0 Å². The summed E-state index contributed by atoms with van der Waals surface area (Å²) in [7, 11) is 0. The van der Waals surface area contributed by atoms with Crippen LogP contribution in [0.3, 0.4) is 0 Å². The van der Waals surface area contributed by atoms with Gasteiger partial charge in [0.15, 0.2) is 0 Å². The summed E-state index contributed by atoms with van der Waals surface area (Å²) >= 11 is 0. The van der Waals surface area contributed by atoms with Crippen LogP contribution in [0, 0.1) is 0 Å². The number of hydrogen-bond donors (Lipinski definition) is 0. The zero-order valence-electron chi connectivity index (χ0n) is 20.6. The molecule has 2 aromatic heterocycles. The van der Waals surface area contributed by atoms with Crippen molar-refractivity contribution in [2.45, 2.75) is 78.6 Å². The summed E-state index contributed by atoms with van der Waals surface area (Å²) in [6.45, 7) is 20.8. The van der Waals surface area contributed by atoms with E-state index in [1.54, 1.807) is 0 Å². The molecular weight excluding hydrogens is 374 g/mol. The molecule has 0 aliphatic carbocycles. The molecule has 0 bridgehead atoms. The third-order valence-electron chi connectivity index (χ3n) is 6.99. The molecule has 0 atom stereocenters. The highest BCUT2D eigenvalue weighted by molar-refractivity contribution is 6.23. The van der Waals surface area contributed by atoms with Crippen LogP contribution < -0.4 is 0 Å². The smallest absolute Gasteiger partial charge is 0.0620 e. The third-order valence-corrected chi connectivity index (χ3v) is 6.99. The normalized spacial score (nSPS) is 14.0. The van der Waals surface area contributed by atoms with Crippen molar-refractivity contribution in [1.82, 2.24) is 4.40 Å². The van der Waals surface area contributed by atoms with Gasteiger partial charge in [0.25, 0.3) is 0 Å². The first-order valence-electron chi connectivity index (χ1n) is 11.6. The lowest BCUT2D eigenvalue weighted by atomic mass is 9.83. The fourth-order valence-electron chi connectivity index (χ4n) is 4.92. The maximum atomic E-state index is 2.50. The molecule has 5 rings (SSSR count). The molecule has 0 amide bonds. The van der Waals surface area contributed by atoms with Gasteiger partial charge in [-0.2, -0.15) is 0 Å². The van der Waals surface area contributed by atoms with Crippen LogP contribution in [0.5, 0.6) is 0 Å². The molecule has 0 spiro atoms. The Labute approximate surface area is 186 Å². The van der Waals surface area contributed by atoms with Gasteiger partial charge in [-0.05, 0) is 69.3 Å². The largest absolute Gasteiger partial charge is 0.308 e. The van der Waals surface area contributed by atoms with E-state index in [9.17, 15) is 0 Å². The predicted octanol–water partition coefficient (Wildman–Crippen LogP) is 8.73. The molecule has 0 saturated carbocycles. The quantitative estimate of drug-likeness (QED) is 0.241. The summed E-state index contributed by atoms with van der Waals surface area (Å²) < 4.78 is 2.50. The Hall–Kier alpha value is -2.54. The van der Waals surface area contributed by atoms with Gasteiger partial charge in [0, 0.05) is 21.5 Å². The van der Waals surface area contributed by atoms with Crippen molar-refractivity contribution in [1.29, 1.82) is 0 Å². The van der Waals surface area contributed by atoms with E-state index in [0.717, 1.165) is 0 Å². The average molecular weight is 410 g/mol. The fraction of sp³-hybridized carbons (Fsp3) is 0.400. The number of nitrogens with zero attached hydrogens (tertiary/aromatic N) is 1. The van der Waals surface area contributed by atoms with Gasteiger partial charge in [-0.1, -0.05) is 74.4 Å². The molecular formula is C30H35N. The molecule has 0 unspecified atom stereocenters. The SMILES string of the molecule is CC(C)(C)c1ccc2c(c1)c1cc(C(C)(C)C)cc3c4cc(C(C)(C)C)ccc4n2c13. The molecule has 31 heavy (non-hydrogen) atoms. The van der Waals surface area contributed by atoms with Crippen molar-refractivity contribution in [2.24, 2.45) is 0 Å². The van der Waals surface area contributed by atoms with Crippen molar-refractivity contribution in [3.63, 3.8) is 0 Å². The molecule has 2 heterocycles. The summed E-state index contributed by atoms with van der Waals surface area (Å²) in [6.07, 6.45) is 0. The standard InChI is InChI=1S/C30H35N/c1-28(2,3)18-10-12-25-21(14-18)23-16-20(30(7,8)9)17-24-22-15-19(29(4,5)6)11-13-26(22)31(25)27(23)24/h10-17H,1-9H3. The molecule has 3 aromatic carbocycles. The zero-order chi connectivity index (χ0) is 22.5. The lowest BCUT2D eigenvalue weighted by Gasteiger charge is -2.21. The number of rotatable bonds is 0. The first-order valence-corrected chi connectivity index (χ1v) is 11.6. The Balaban J connectivity index is 2.01. The van der Waals surface area contributed by atoms with Gasteiger partial charge in [-0.25, -0.2) is 0 Å². The summed E-state index contributed by atoms with van der Waals surface area (Å²) in [5.41, 5.74) is 8.57. The van der Waals surface area contributed by atoms with Crippen molar-refractivity contribution in [3.8, 4) is 0 Å². The summed E-state index contributed by atoms with van der Waals surface area (Å²) in [5.74, 6) is 0. The van der Waals surface area contributed by atoms with E-state index in [2.05, 4.69) is 115 Å². The highest BCUT2D eigenvalue weighted by atomic mass is 14.9. The molecule has 0 fully saturated rings. The van der Waals surface area contributed by atoms with E-state index in [0.29, 0.717) is 0 Å². The number of benzene rings is 3. The van der Waals surface area contributed by atoms with Crippen molar-refractivity contribution in [3.05, 3.63) is 65.2 Å².